The molecule has 0 aliphatic carbocycles. The van der Waals surface area contributed by atoms with E-state index in [4.69, 9.17) is 5.73 Å². The number of benzene rings is 1. The lowest BCUT2D eigenvalue weighted by molar-refractivity contribution is 0.580. The second kappa shape index (κ2) is 9.57. The molecule has 10 heteroatoms. The Bertz CT molecular complexity index is 1550. The molecule has 4 rings (SSSR count). The Kier molecular flexibility index (Phi) is 6.59. The van der Waals surface area contributed by atoms with Gasteiger partial charge in [-0.05, 0) is 29.1 Å². The van der Waals surface area contributed by atoms with Crippen LogP contribution in [0.2, 0.25) is 0 Å². The van der Waals surface area contributed by atoms with E-state index in [1.807, 2.05) is 0 Å². The maximum absolute atomic E-state index is 13.4. The van der Waals surface area contributed by atoms with Crippen LogP contribution in [0.1, 0.15) is 16.8 Å². The van der Waals surface area contributed by atoms with Gasteiger partial charge in [-0.2, -0.15) is 0 Å². The lowest BCUT2D eigenvalue weighted by Gasteiger charge is -2.06. The first-order chi connectivity index (χ1) is 15.9. The number of aromatic nitrogens is 2. The lowest BCUT2D eigenvalue weighted by atomic mass is 10.1. The Balaban J connectivity index is 1.74. The number of nitrogens with two attached hydrogens (primary N) is 1. The van der Waals surface area contributed by atoms with Crippen LogP contribution in [0.25, 0.3) is 27.2 Å². The molecule has 2 heterocycles. The molecule has 4 aromatic rings. The number of thiazole rings is 1. The van der Waals surface area contributed by atoms with Gasteiger partial charge >= 0.3 is 0 Å². The summed E-state index contributed by atoms with van der Waals surface area (Å²) in [6.45, 7) is 0.123. The highest BCUT2D eigenvalue weighted by Gasteiger charge is 2.14. The van der Waals surface area contributed by atoms with Crippen LogP contribution >= 0.6 is 11.3 Å². The second-order valence-electron chi connectivity index (χ2n) is 7.31. The Labute approximate surface area is 194 Å². The number of aliphatic imine (C=N–C) groups is 1. The molecule has 0 saturated carbocycles. The van der Waals surface area contributed by atoms with Crippen molar-refractivity contribution in [2.75, 3.05) is 7.05 Å². The third-order valence-electron chi connectivity index (χ3n) is 5.04. The minimum Gasteiger partial charge on any atom is -0.404 e. The first kappa shape index (κ1) is 22.7. The van der Waals surface area contributed by atoms with Crippen LogP contribution < -0.4 is 15.9 Å². The fraction of sp³-hybridized carbons (Fsp3) is 0.130. The predicted molar refractivity (Wildman–Crippen MR) is 134 cm³/mol. The number of hydrogen-bond donors (Lipinski definition) is 2. The second-order valence-corrected chi connectivity index (χ2v) is 9.84. The highest BCUT2D eigenvalue weighted by atomic mass is 32.2. The summed E-state index contributed by atoms with van der Waals surface area (Å²) < 4.78 is 27.6. The van der Waals surface area contributed by atoms with Gasteiger partial charge in [-0.25, -0.2) is 18.1 Å². The van der Waals surface area contributed by atoms with Gasteiger partial charge in [0.25, 0.3) is 0 Å². The van der Waals surface area contributed by atoms with Gasteiger partial charge in [-0.1, -0.05) is 18.2 Å². The van der Waals surface area contributed by atoms with Crippen molar-refractivity contribution in [2.45, 2.75) is 12.3 Å². The van der Waals surface area contributed by atoms with Crippen molar-refractivity contribution in [1.82, 2.24) is 14.7 Å². The molecule has 8 nitrogen and oxygen atoms in total. The van der Waals surface area contributed by atoms with E-state index in [0.29, 0.717) is 44.1 Å². The van der Waals surface area contributed by atoms with E-state index in [1.165, 1.54) is 17.5 Å². The van der Waals surface area contributed by atoms with Crippen LogP contribution in [0.4, 0.5) is 0 Å². The van der Waals surface area contributed by atoms with Gasteiger partial charge in [-0.15, -0.1) is 11.3 Å². The number of nitrogens with zero attached hydrogens (tertiary/aromatic N) is 3. The van der Waals surface area contributed by atoms with Crippen molar-refractivity contribution in [1.29, 1.82) is 0 Å². The predicted octanol–water partition coefficient (Wildman–Crippen LogP) is 2.82. The fourth-order valence-electron chi connectivity index (χ4n) is 3.43. The van der Waals surface area contributed by atoms with Crippen LogP contribution in [0.15, 0.2) is 69.5 Å². The van der Waals surface area contributed by atoms with E-state index in [2.05, 4.69) is 19.7 Å². The fourth-order valence-corrected chi connectivity index (χ4v) is 5.08. The number of fused-ring (bicyclic) bond motifs is 2. The largest absolute Gasteiger partial charge is 0.404 e. The maximum atomic E-state index is 13.4. The van der Waals surface area contributed by atoms with E-state index in [9.17, 15) is 13.2 Å². The molecular weight excluding hydrogens is 458 g/mol. The summed E-state index contributed by atoms with van der Waals surface area (Å²) in [4.78, 5) is 25.9. The minimum absolute atomic E-state index is 0.123. The van der Waals surface area contributed by atoms with Crippen molar-refractivity contribution < 1.29 is 8.42 Å². The Morgan fingerprint density at radius 3 is 2.73 bits per heavy atom. The maximum Gasteiger partial charge on any atom is 0.216 e. The van der Waals surface area contributed by atoms with E-state index in [0.717, 1.165) is 0 Å². The van der Waals surface area contributed by atoms with Gasteiger partial charge in [0.05, 0.1) is 29.0 Å². The average Bonchev–Trinajstić information content (AvgIpc) is 3.29. The summed E-state index contributed by atoms with van der Waals surface area (Å²) >= 11 is 1.40. The van der Waals surface area contributed by atoms with Crippen molar-refractivity contribution in [3.05, 3.63) is 86.7 Å². The van der Waals surface area contributed by atoms with Gasteiger partial charge in [0.1, 0.15) is 0 Å². The minimum atomic E-state index is -3.61. The number of sulfonamides is 1. The molecule has 0 aliphatic heterocycles. The molecule has 0 fully saturated rings. The number of hydrogen-bond acceptors (Lipinski definition) is 8. The molecular formula is C23H21N5O3S2. The molecule has 0 spiro atoms. The normalized spacial score (nSPS) is 12.7. The van der Waals surface area contributed by atoms with Gasteiger partial charge in [0, 0.05) is 52.9 Å². The van der Waals surface area contributed by atoms with Crippen molar-refractivity contribution in [3.8, 4) is 0 Å². The number of nitrogens with one attached hydrogen (secondary N) is 1. The zero-order chi connectivity index (χ0) is 23.4. The molecule has 0 atom stereocenters. The van der Waals surface area contributed by atoms with Crippen LogP contribution in [-0.4, -0.2) is 31.6 Å². The number of rotatable bonds is 7. The highest BCUT2D eigenvalue weighted by Crippen LogP contribution is 2.20. The first-order valence-corrected chi connectivity index (χ1v) is 12.5. The molecule has 0 bridgehead atoms. The van der Waals surface area contributed by atoms with E-state index in [1.54, 1.807) is 66.7 Å². The molecule has 0 amide bonds. The quantitative estimate of drug-likeness (QED) is 0.392. The Hall–Kier alpha value is -3.47. The van der Waals surface area contributed by atoms with Gasteiger partial charge < -0.3 is 5.73 Å². The number of allylic oxidation sites excluding steroid dienone is 1. The summed E-state index contributed by atoms with van der Waals surface area (Å²) in [5.41, 5.74) is 10.1. The lowest BCUT2D eigenvalue weighted by Crippen LogP contribution is -2.24. The molecule has 0 radical (unpaired) electrons. The molecule has 2 aromatic heterocycles. The summed E-state index contributed by atoms with van der Waals surface area (Å²) in [5, 5.41) is 3.31. The van der Waals surface area contributed by atoms with Crippen LogP contribution in [-0.2, 0) is 22.3 Å². The van der Waals surface area contributed by atoms with E-state index >= 15 is 0 Å². The molecule has 168 valence electrons. The zero-order valence-corrected chi connectivity index (χ0v) is 19.4. The van der Waals surface area contributed by atoms with Crippen LogP contribution in [0.3, 0.4) is 0 Å². The number of pyridine rings is 1. The average molecular weight is 480 g/mol. The third kappa shape index (κ3) is 5.14. The standard InChI is InChI=1S/C23H21N5O3S2/c1-25-9-18(8-24)17-7-21-22(26-10-17)5-4-16-3-2-15(6-20(16)23(21)29)13-33(30,31)28-11-19-12-32-14-27-19/h2-10,12,14,28H,11,13,24H2,1H3. The molecule has 0 saturated heterocycles. The van der Waals surface area contributed by atoms with Crippen molar-refractivity contribution in [2.24, 2.45) is 10.7 Å². The van der Waals surface area contributed by atoms with Crippen LogP contribution in [0.5, 0.6) is 0 Å². The smallest absolute Gasteiger partial charge is 0.216 e. The zero-order valence-electron chi connectivity index (χ0n) is 17.7. The molecule has 0 aliphatic rings. The third-order valence-corrected chi connectivity index (χ3v) is 6.97. The first-order valence-electron chi connectivity index (χ1n) is 9.95. The Morgan fingerprint density at radius 2 is 2.00 bits per heavy atom. The highest BCUT2D eigenvalue weighted by molar-refractivity contribution is 7.88. The van der Waals surface area contributed by atoms with Crippen LogP contribution in [0, 0.1) is 0 Å². The van der Waals surface area contributed by atoms with Crippen molar-refractivity contribution in [3.63, 3.8) is 0 Å². The monoisotopic (exact) mass is 479 g/mol. The molecule has 33 heavy (non-hydrogen) atoms. The summed E-state index contributed by atoms with van der Waals surface area (Å²) in [6, 6.07) is 10.4. The summed E-state index contributed by atoms with van der Waals surface area (Å²) in [7, 11) is -1.98. The van der Waals surface area contributed by atoms with Crippen molar-refractivity contribution >= 4 is 54.8 Å². The Morgan fingerprint density at radius 1 is 1.18 bits per heavy atom. The van der Waals surface area contributed by atoms with E-state index < -0.39 is 10.0 Å². The van der Waals surface area contributed by atoms with Gasteiger partial charge in [0.2, 0.25) is 10.0 Å². The molecule has 2 aromatic carbocycles. The molecule has 3 N–H and O–H groups in total. The summed E-state index contributed by atoms with van der Waals surface area (Å²) in [5.74, 6) is -0.250. The SMILES string of the molecule is CN=CC(=CN)c1cnc2ccc3ccc(CS(=O)(=O)NCc4cscn4)cc3c(=O)c2c1. The molecule has 0 unspecified atom stereocenters. The summed E-state index contributed by atoms with van der Waals surface area (Å²) in [6.07, 6.45) is 4.64. The van der Waals surface area contributed by atoms with Gasteiger partial charge in [-0.3, -0.25) is 14.8 Å². The topological polar surface area (TPSA) is 127 Å². The van der Waals surface area contributed by atoms with Gasteiger partial charge in [0.15, 0.2) is 5.43 Å². The van der Waals surface area contributed by atoms with E-state index in [-0.39, 0.29) is 17.7 Å².